The molecule has 0 radical (unpaired) electrons. The molecule has 0 aliphatic heterocycles. The molecule has 0 atom stereocenters. The van der Waals surface area contributed by atoms with Crippen LogP contribution in [-0.4, -0.2) is 16.7 Å². The zero-order valence-corrected chi connectivity index (χ0v) is 13.4. The molecule has 0 saturated heterocycles. The fraction of sp³-hybridized carbons (Fsp3) is 0.0667. The predicted octanol–water partition coefficient (Wildman–Crippen LogP) is 2.36. The molecule has 0 aliphatic carbocycles. The van der Waals surface area contributed by atoms with Gasteiger partial charge in [-0.15, -0.1) is 0 Å². The highest BCUT2D eigenvalue weighted by Gasteiger charge is 2.10. The molecule has 0 aliphatic rings. The van der Waals surface area contributed by atoms with E-state index in [9.17, 15) is 19.7 Å². The number of nitro benzene ring substituents is 1. The first-order valence-corrected chi connectivity index (χ1v) is 7.33. The number of non-ortho nitro benzene ring substituents is 1. The van der Waals surface area contributed by atoms with E-state index in [4.69, 9.17) is 0 Å². The van der Waals surface area contributed by atoms with Crippen LogP contribution in [0.25, 0.3) is 0 Å². The van der Waals surface area contributed by atoms with Gasteiger partial charge < -0.3 is 0 Å². The number of hydrazine groups is 1. The monoisotopic (exact) mass is 377 g/mol. The Balaban J connectivity index is 1.87. The summed E-state index contributed by atoms with van der Waals surface area (Å²) in [5, 5.41) is 10.5. The molecule has 2 rings (SSSR count). The van der Waals surface area contributed by atoms with Crippen molar-refractivity contribution >= 4 is 33.4 Å². The van der Waals surface area contributed by atoms with Gasteiger partial charge in [0.2, 0.25) is 5.91 Å². The number of halogens is 1. The predicted molar refractivity (Wildman–Crippen MR) is 86.6 cm³/mol. The Labute approximate surface area is 139 Å². The molecule has 2 aromatic carbocycles. The van der Waals surface area contributed by atoms with Crippen LogP contribution in [0, 0.1) is 10.1 Å². The van der Waals surface area contributed by atoms with Gasteiger partial charge in [0, 0.05) is 22.2 Å². The lowest BCUT2D eigenvalue weighted by Crippen LogP contribution is -2.42. The Hall–Kier alpha value is -2.74. The highest BCUT2D eigenvalue weighted by Crippen LogP contribution is 2.12. The van der Waals surface area contributed by atoms with E-state index in [0.717, 1.165) is 10.0 Å². The lowest BCUT2D eigenvalue weighted by molar-refractivity contribution is -0.384. The second-order valence-electron chi connectivity index (χ2n) is 4.61. The molecule has 118 valence electrons. The Morgan fingerprint density at radius 2 is 1.61 bits per heavy atom. The first-order chi connectivity index (χ1) is 11.0. The summed E-state index contributed by atoms with van der Waals surface area (Å²) in [4.78, 5) is 33.6. The lowest BCUT2D eigenvalue weighted by atomic mass is 10.1. The van der Waals surface area contributed by atoms with Crippen molar-refractivity contribution in [1.82, 2.24) is 10.9 Å². The number of nitro groups is 1. The number of carbonyl (C=O) groups is 2. The molecule has 2 aromatic rings. The Kier molecular flexibility index (Phi) is 5.42. The lowest BCUT2D eigenvalue weighted by Gasteiger charge is -2.07. The topological polar surface area (TPSA) is 101 Å². The zero-order valence-electron chi connectivity index (χ0n) is 11.8. The Morgan fingerprint density at radius 3 is 2.17 bits per heavy atom. The number of amides is 2. The van der Waals surface area contributed by atoms with Crippen molar-refractivity contribution in [2.75, 3.05) is 0 Å². The van der Waals surface area contributed by atoms with Crippen molar-refractivity contribution in [3.63, 3.8) is 0 Å². The molecule has 0 saturated carbocycles. The number of hydrogen-bond acceptors (Lipinski definition) is 4. The second-order valence-corrected chi connectivity index (χ2v) is 5.53. The zero-order chi connectivity index (χ0) is 16.8. The molecule has 2 N–H and O–H groups in total. The average Bonchev–Trinajstić information content (AvgIpc) is 2.55. The van der Waals surface area contributed by atoms with Gasteiger partial charge in [-0.1, -0.05) is 28.1 Å². The summed E-state index contributed by atoms with van der Waals surface area (Å²) in [6, 6.07) is 12.3. The summed E-state index contributed by atoms with van der Waals surface area (Å²) in [6.45, 7) is 0. The fourth-order valence-electron chi connectivity index (χ4n) is 1.77. The van der Waals surface area contributed by atoms with E-state index in [1.54, 1.807) is 12.1 Å². The van der Waals surface area contributed by atoms with Crippen LogP contribution in [0.2, 0.25) is 0 Å². The molecular formula is C15H12BrN3O4. The van der Waals surface area contributed by atoms with Crippen molar-refractivity contribution in [3.05, 3.63) is 74.2 Å². The Morgan fingerprint density at radius 1 is 1.00 bits per heavy atom. The number of hydrogen-bond donors (Lipinski definition) is 2. The molecular weight excluding hydrogens is 366 g/mol. The maximum absolute atomic E-state index is 11.8. The third kappa shape index (κ3) is 4.89. The largest absolute Gasteiger partial charge is 0.273 e. The highest BCUT2D eigenvalue weighted by molar-refractivity contribution is 9.10. The van der Waals surface area contributed by atoms with Crippen LogP contribution in [0.4, 0.5) is 5.69 Å². The van der Waals surface area contributed by atoms with Crippen molar-refractivity contribution in [2.45, 2.75) is 6.42 Å². The minimum Gasteiger partial charge on any atom is -0.273 e. The van der Waals surface area contributed by atoms with Crippen LogP contribution in [0.5, 0.6) is 0 Å². The third-order valence-corrected chi connectivity index (χ3v) is 3.46. The summed E-state index contributed by atoms with van der Waals surface area (Å²) in [5.41, 5.74) is 5.46. The van der Waals surface area contributed by atoms with E-state index in [0.29, 0.717) is 0 Å². The maximum Gasteiger partial charge on any atom is 0.269 e. The van der Waals surface area contributed by atoms with Crippen LogP contribution in [0.15, 0.2) is 53.0 Å². The highest BCUT2D eigenvalue weighted by atomic mass is 79.9. The van der Waals surface area contributed by atoms with Crippen LogP contribution in [-0.2, 0) is 11.2 Å². The van der Waals surface area contributed by atoms with Gasteiger partial charge in [-0.2, -0.15) is 0 Å². The summed E-state index contributed by atoms with van der Waals surface area (Å²) < 4.78 is 0.910. The van der Waals surface area contributed by atoms with E-state index in [1.807, 2.05) is 12.1 Å². The number of nitrogens with zero attached hydrogens (tertiary/aromatic N) is 1. The van der Waals surface area contributed by atoms with E-state index in [-0.39, 0.29) is 23.6 Å². The minimum absolute atomic E-state index is 0.110. The number of carbonyl (C=O) groups excluding carboxylic acids is 2. The van der Waals surface area contributed by atoms with Crippen molar-refractivity contribution < 1.29 is 14.5 Å². The van der Waals surface area contributed by atoms with Crippen LogP contribution in [0.1, 0.15) is 15.9 Å². The van der Waals surface area contributed by atoms with Gasteiger partial charge >= 0.3 is 0 Å². The van der Waals surface area contributed by atoms with E-state index in [1.165, 1.54) is 24.3 Å². The number of rotatable bonds is 4. The standard InChI is InChI=1S/C15H12BrN3O4/c16-12-5-1-10(2-6-12)9-14(20)17-18-15(21)11-3-7-13(8-4-11)19(22)23/h1-8H,9H2,(H,17,20)(H,18,21). The van der Waals surface area contributed by atoms with E-state index >= 15 is 0 Å². The molecule has 7 nitrogen and oxygen atoms in total. The third-order valence-electron chi connectivity index (χ3n) is 2.93. The first kappa shape index (κ1) is 16.6. The van der Waals surface area contributed by atoms with Gasteiger partial charge in [-0.3, -0.25) is 30.6 Å². The molecule has 23 heavy (non-hydrogen) atoms. The molecule has 0 aromatic heterocycles. The minimum atomic E-state index is -0.554. The van der Waals surface area contributed by atoms with Crippen LogP contribution in [0.3, 0.4) is 0 Å². The Bertz CT molecular complexity index is 729. The average molecular weight is 378 g/mol. The fourth-order valence-corrected chi connectivity index (χ4v) is 2.03. The maximum atomic E-state index is 11.8. The van der Waals surface area contributed by atoms with Crippen LogP contribution < -0.4 is 10.9 Å². The first-order valence-electron chi connectivity index (χ1n) is 6.54. The molecule has 2 amide bonds. The van der Waals surface area contributed by atoms with Gasteiger partial charge in [0.1, 0.15) is 0 Å². The smallest absolute Gasteiger partial charge is 0.269 e. The van der Waals surface area contributed by atoms with Gasteiger partial charge in [0.25, 0.3) is 11.6 Å². The molecule has 0 spiro atoms. The molecule has 0 unspecified atom stereocenters. The van der Waals surface area contributed by atoms with Gasteiger partial charge in [0.15, 0.2) is 0 Å². The van der Waals surface area contributed by atoms with Gasteiger partial charge in [-0.05, 0) is 29.8 Å². The SMILES string of the molecule is O=C(Cc1ccc(Br)cc1)NNC(=O)c1ccc([N+](=O)[O-])cc1. The molecule has 0 heterocycles. The molecule has 0 fully saturated rings. The normalized spacial score (nSPS) is 9.96. The van der Waals surface area contributed by atoms with Crippen molar-refractivity contribution in [1.29, 1.82) is 0 Å². The number of benzene rings is 2. The van der Waals surface area contributed by atoms with E-state index < -0.39 is 10.8 Å². The summed E-state index contributed by atoms with van der Waals surface area (Å²) >= 11 is 3.30. The quantitative estimate of drug-likeness (QED) is 0.630. The molecule has 0 bridgehead atoms. The van der Waals surface area contributed by atoms with Gasteiger partial charge in [0.05, 0.1) is 11.3 Å². The van der Waals surface area contributed by atoms with Crippen molar-refractivity contribution in [3.8, 4) is 0 Å². The summed E-state index contributed by atoms with van der Waals surface area (Å²) in [6.07, 6.45) is 0.119. The summed E-state index contributed by atoms with van der Waals surface area (Å²) in [7, 11) is 0. The van der Waals surface area contributed by atoms with Gasteiger partial charge in [-0.25, -0.2) is 0 Å². The molecule has 8 heteroatoms. The van der Waals surface area contributed by atoms with Crippen LogP contribution >= 0.6 is 15.9 Å². The van der Waals surface area contributed by atoms with E-state index in [2.05, 4.69) is 26.8 Å². The second kappa shape index (κ2) is 7.50. The van der Waals surface area contributed by atoms with Crippen molar-refractivity contribution in [2.24, 2.45) is 0 Å². The summed E-state index contributed by atoms with van der Waals surface area (Å²) in [5.74, 6) is -0.924. The number of nitrogens with one attached hydrogen (secondary N) is 2.